The summed E-state index contributed by atoms with van der Waals surface area (Å²) >= 11 is 0. The van der Waals surface area contributed by atoms with Crippen molar-refractivity contribution < 1.29 is 0 Å². The quantitative estimate of drug-likeness (QED) is 0.101. The summed E-state index contributed by atoms with van der Waals surface area (Å²) in [7, 11) is 0. The first kappa shape index (κ1) is 67.3. The molecule has 2 fully saturated rings. The van der Waals surface area contributed by atoms with Crippen molar-refractivity contribution in [2.24, 2.45) is 0 Å². The molecule has 0 N–H and O–H groups in total. The van der Waals surface area contributed by atoms with Crippen molar-refractivity contribution in [1.82, 2.24) is 0 Å². The largest absolute Gasteiger partial charge is 0.311 e. The van der Waals surface area contributed by atoms with Crippen molar-refractivity contribution in [2.75, 3.05) is 9.80 Å². The normalized spacial score (nSPS) is 13.3. The Morgan fingerprint density at radius 1 is 0.167 bits per heavy atom. The van der Waals surface area contributed by atoms with Crippen LogP contribution in [-0.4, -0.2) is 0 Å². The lowest BCUT2D eigenvalue weighted by molar-refractivity contribution is 0.444. The van der Waals surface area contributed by atoms with Crippen molar-refractivity contribution >= 4 is 77.2 Å². The number of hydrogen-bond acceptors (Lipinski definition) is 2. The van der Waals surface area contributed by atoms with Crippen LogP contribution in [0.15, 0.2) is 388 Å². The maximum absolute atomic E-state index is 2.43. The van der Waals surface area contributed by atoms with Crippen LogP contribution in [0.4, 0.5) is 34.1 Å². The lowest BCUT2D eigenvalue weighted by atomic mass is 9.83. The van der Waals surface area contributed by atoms with Gasteiger partial charge in [0.2, 0.25) is 0 Å². The smallest absolute Gasteiger partial charge is 0.0462 e. The van der Waals surface area contributed by atoms with Crippen molar-refractivity contribution in [1.29, 1.82) is 0 Å². The zero-order chi connectivity index (χ0) is 72.0. The minimum atomic E-state index is 0.690. The molecule has 17 aromatic carbocycles. The molecular weight excluding hydrogens is 1300 g/mol. The molecule has 0 aliphatic heterocycles. The van der Waals surface area contributed by atoms with Crippen LogP contribution < -0.4 is 9.80 Å². The maximum atomic E-state index is 2.43. The SMILES string of the molecule is c1cc(-c2ccc(N(c3ccc(-c4ccc(-c5cccc6ccccc56)cc4)cc3)c3ccc(-c4cccc5ccccc45)cc3)cc2)cc(C2CCCCC2)c1.c1cc(-c2ccc(N(c3ccc(-c4cccc5ccccc45)cc3)c3ccc(-c4cccc5ccccc45)cc3)cc2)cc(C2CCCCC2)c1. The molecule has 2 aliphatic rings. The molecule has 0 unspecified atom stereocenters. The van der Waals surface area contributed by atoms with Crippen molar-refractivity contribution in [3.8, 4) is 77.9 Å². The fourth-order valence-electron chi connectivity index (χ4n) is 17.2. The average Bonchev–Trinajstić information content (AvgIpc) is 0.759. The Bertz CT molecular complexity index is 5820. The summed E-state index contributed by atoms with van der Waals surface area (Å²) in [5.74, 6) is 1.39. The van der Waals surface area contributed by atoms with E-state index >= 15 is 0 Å². The van der Waals surface area contributed by atoms with Gasteiger partial charge in [0, 0.05) is 34.1 Å². The van der Waals surface area contributed by atoms with Crippen LogP contribution in [0.5, 0.6) is 0 Å². The molecule has 0 saturated heterocycles. The second-order valence-electron chi connectivity index (χ2n) is 29.6. The van der Waals surface area contributed by atoms with Gasteiger partial charge in [0.25, 0.3) is 0 Å². The van der Waals surface area contributed by atoms with E-state index in [2.05, 4.69) is 398 Å². The molecule has 2 aliphatic carbocycles. The highest BCUT2D eigenvalue weighted by Gasteiger charge is 2.21. The minimum absolute atomic E-state index is 0.690. The summed E-state index contributed by atoms with van der Waals surface area (Å²) < 4.78 is 0. The highest BCUT2D eigenvalue weighted by molar-refractivity contribution is 6.01. The van der Waals surface area contributed by atoms with E-state index in [-0.39, 0.29) is 0 Å². The van der Waals surface area contributed by atoms with E-state index in [1.165, 1.54) is 196 Å². The highest BCUT2D eigenvalue weighted by atomic mass is 15.1. The Morgan fingerprint density at radius 2 is 0.380 bits per heavy atom. The molecule has 0 radical (unpaired) electrons. The number of rotatable bonds is 15. The molecule has 108 heavy (non-hydrogen) atoms. The van der Waals surface area contributed by atoms with Crippen molar-refractivity contribution in [2.45, 2.75) is 76.0 Å². The van der Waals surface area contributed by atoms with E-state index < -0.39 is 0 Å². The number of nitrogens with zero attached hydrogens (tertiary/aromatic N) is 2. The number of hydrogen-bond donors (Lipinski definition) is 0. The Labute approximate surface area is 636 Å². The van der Waals surface area contributed by atoms with Crippen LogP contribution >= 0.6 is 0 Å². The number of anilines is 6. The van der Waals surface area contributed by atoms with Crippen molar-refractivity contribution in [3.63, 3.8) is 0 Å². The highest BCUT2D eigenvalue weighted by Crippen LogP contribution is 2.44. The van der Waals surface area contributed by atoms with Crippen LogP contribution in [0.1, 0.15) is 87.2 Å². The van der Waals surface area contributed by atoms with Gasteiger partial charge in [-0.2, -0.15) is 0 Å². The van der Waals surface area contributed by atoms with Gasteiger partial charge in [-0.3, -0.25) is 0 Å². The molecule has 0 spiro atoms. The van der Waals surface area contributed by atoms with Gasteiger partial charge >= 0.3 is 0 Å². The molecule has 0 aromatic heterocycles. The third-order valence-corrected chi connectivity index (χ3v) is 23.0. The summed E-state index contributed by atoms with van der Waals surface area (Å²) in [5.41, 5.74) is 27.2. The fourth-order valence-corrected chi connectivity index (χ4v) is 17.2. The van der Waals surface area contributed by atoms with Gasteiger partial charge in [-0.15, -0.1) is 0 Å². The standard InChI is InChI=1S/C56H45N.C50H41N/c1-2-11-40(12-3-1)48-17-8-18-49(39-48)43-29-35-51(36-30-43)57(52-37-31-47(32-38-52)56-22-10-16-45-14-5-7-20-54(45)56)50-33-27-42(28-34-50)41-23-25-46(26-24-41)55-21-9-15-44-13-4-6-19-53(44)55;1-2-11-36(12-3-1)42-17-8-18-43(35-42)37-23-29-44(30-24-37)51(45-31-25-40(26-32-45)49-21-9-15-38-13-4-6-19-47(38)49)46-33-27-41(28-34-46)50-22-10-16-39-14-5-7-20-48(39)50/h4-10,13-40H,1-3,11-12H2;4-10,13-36H,1-3,11-12H2. The van der Waals surface area contributed by atoms with E-state index in [0.29, 0.717) is 11.8 Å². The van der Waals surface area contributed by atoms with Crippen LogP contribution in [0.3, 0.4) is 0 Å². The van der Waals surface area contributed by atoms with Gasteiger partial charge < -0.3 is 9.80 Å². The number of fused-ring (bicyclic) bond motifs is 4. The Hall–Kier alpha value is -12.6. The maximum Gasteiger partial charge on any atom is 0.0462 e. The van der Waals surface area contributed by atoms with Gasteiger partial charge in [0.05, 0.1) is 0 Å². The molecule has 2 heteroatoms. The molecular formula is C106H86N2. The van der Waals surface area contributed by atoms with E-state index in [0.717, 1.165) is 34.1 Å². The Kier molecular flexibility index (Phi) is 19.2. The number of benzene rings is 17. The zero-order valence-electron chi connectivity index (χ0n) is 61.1. The van der Waals surface area contributed by atoms with E-state index in [1.807, 2.05) is 0 Å². The molecule has 0 atom stereocenters. The molecule has 0 bridgehead atoms. The zero-order valence-corrected chi connectivity index (χ0v) is 61.1. The lowest BCUT2D eigenvalue weighted by Crippen LogP contribution is -2.09. The summed E-state index contributed by atoms with van der Waals surface area (Å²) in [6, 6.07) is 143. The average molecular weight is 1390 g/mol. The predicted octanol–water partition coefficient (Wildman–Crippen LogP) is 30.7. The molecule has 17 aromatic rings. The van der Waals surface area contributed by atoms with E-state index in [1.54, 1.807) is 0 Å². The van der Waals surface area contributed by atoms with Gasteiger partial charge in [-0.05, 0) is 242 Å². The molecule has 2 nitrogen and oxygen atoms in total. The summed E-state index contributed by atoms with van der Waals surface area (Å²) in [4.78, 5) is 4.75. The molecule has 19 rings (SSSR count). The first-order valence-corrected chi connectivity index (χ1v) is 39.0. The first-order valence-electron chi connectivity index (χ1n) is 39.0. The summed E-state index contributed by atoms with van der Waals surface area (Å²) in [6.45, 7) is 0. The van der Waals surface area contributed by atoms with Crippen LogP contribution in [0.2, 0.25) is 0 Å². The summed E-state index contributed by atoms with van der Waals surface area (Å²) in [6.07, 6.45) is 13.4. The third-order valence-electron chi connectivity index (χ3n) is 23.0. The Balaban J connectivity index is 0.000000153. The monoisotopic (exact) mass is 1390 g/mol. The van der Waals surface area contributed by atoms with Crippen molar-refractivity contribution in [3.05, 3.63) is 399 Å². The van der Waals surface area contributed by atoms with Crippen LogP contribution in [0, 0.1) is 0 Å². The lowest BCUT2D eigenvalue weighted by Gasteiger charge is -2.26. The summed E-state index contributed by atoms with van der Waals surface area (Å²) in [5, 5.41) is 10.1. The fraction of sp³-hybridized carbons (Fsp3) is 0.113. The first-order chi connectivity index (χ1) is 53.5. The van der Waals surface area contributed by atoms with E-state index in [4.69, 9.17) is 0 Å². The topological polar surface area (TPSA) is 6.48 Å². The molecule has 0 heterocycles. The molecule has 2 saturated carbocycles. The minimum Gasteiger partial charge on any atom is -0.311 e. The van der Waals surface area contributed by atoms with Gasteiger partial charge in [-0.25, -0.2) is 0 Å². The van der Waals surface area contributed by atoms with Crippen LogP contribution in [-0.2, 0) is 0 Å². The van der Waals surface area contributed by atoms with Crippen LogP contribution in [0.25, 0.3) is 121 Å². The molecule has 520 valence electrons. The third kappa shape index (κ3) is 14.1. The van der Waals surface area contributed by atoms with E-state index in [9.17, 15) is 0 Å². The van der Waals surface area contributed by atoms with Gasteiger partial charge in [0.1, 0.15) is 0 Å². The second kappa shape index (κ2) is 30.8. The predicted molar refractivity (Wildman–Crippen MR) is 462 cm³/mol. The molecule has 0 amide bonds. The Morgan fingerprint density at radius 3 is 0.657 bits per heavy atom. The second-order valence-corrected chi connectivity index (χ2v) is 29.6. The van der Waals surface area contributed by atoms with Gasteiger partial charge in [0.15, 0.2) is 0 Å². The van der Waals surface area contributed by atoms with Gasteiger partial charge in [-0.1, -0.05) is 354 Å².